The highest BCUT2D eigenvalue weighted by Crippen LogP contribution is 2.28. The highest BCUT2D eigenvalue weighted by molar-refractivity contribution is 5.97. The van der Waals surface area contributed by atoms with Crippen molar-refractivity contribution in [1.82, 2.24) is 15.1 Å². The Morgan fingerprint density at radius 1 is 1.30 bits per heavy atom. The number of amides is 1. The van der Waals surface area contributed by atoms with Crippen LogP contribution >= 0.6 is 0 Å². The van der Waals surface area contributed by atoms with Crippen LogP contribution in [0.25, 0.3) is 0 Å². The first-order chi connectivity index (χ1) is 12.9. The zero-order valence-corrected chi connectivity index (χ0v) is 17.2. The minimum absolute atomic E-state index is 0.130. The number of likely N-dealkylation sites (tertiary alicyclic amines) is 1. The van der Waals surface area contributed by atoms with E-state index in [9.17, 15) is 4.79 Å². The zero-order chi connectivity index (χ0) is 19.6. The molecule has 0 saturated carbocycles. The van der Waals surface area contributed by atoms with Gasteiger partial charge in [-0.05, 0) is 63.3 Å². The standard InChI is InChI=1S/C22H32N4O/c1-14(2)17(5)23-20-10-6-9-19(16(20)4)22(27)26-11-7-8-18(13-26)21-12-15(3)24-25-21/h6,9-10,12,14,17-18,23H,7-8,11,13H2,1-5H3,(H,24,25)/t17-,18-/m1/s1. The van der Waals surface area contributed by atoms with E-state index in [4.69, 9.17) is 0 Å². The van der Waals surface area contributed by atoms with Crippen LogP contribution < -0.4 is 5.32 Å². The Morgan fingerprint density at radius 3 is 2.74 bits per heavy atom. The van der Waals surface area contributed by atoms with Gasteiger partial charge >= 0.3 is 0 Å². The van der Waals surface area contributed by atoms with Crippen molar-refractivity contribution in [3.05, 3.63) is 46.8 Å². The van der Waals surface area contributed by atoms with Gasteiger partial charge in [0, 0.05) is 42.0 Å². The van der Waals surface area contributed by atoms with Crippen molar-refractivity contribution in [3.63, 3.8) is 0 Å². The molecule has 2 atom stereocenters. The Balaban J connectivity index is 1.77. The molecule has 0 bridgehead atoms. The predicted octanol–water partition coefficient (Wildman–Crippen LogP) is 4.50. The van der Waals surface area contributed by atoms with Crippen molar-refractivity contribution >= 4 is 11.6 Å². The number of benzene rings is 1. The summed E-state index contributed by atoms with van der Waals surface area (Å²) in [5.41, 5.74) is 5.03. The summed E-state index contributed by atoms with van der Waals surface area (Å²) in [7, 11) is 0. The number of nitrogens with zero attached hydrogens (tertiary/aromatic N) is 2. The van der Waals surface area contributed by atoms with Crippen LogP contribution in [-0.4, -0.2) is 40.1 Å². The van der Waals surface area contributed by atoms with Crippen molar-refractivity contribution in [1.29, 1.82) is 0 Å². The van der Waals surface area contributed by atoms with E-state index >= 15 is 0 Å². The second-order valence-electron chi connectivity index (χ2n) is 8.22. The number of aryl methyl sites for hydroxylation is 1. The SMILES string of the molecule is Cc1cc([C@@H]2CCCN(C(=O)c3cccc(N[C@H](C)C(C)C)c3C)C2)n[nH]1. The lowest BCUT2D eigenvalue weighted by molar-refractivity contribution is 0.0705. The lowest BCUT2D eigenvalue weighted by Crippen LogP contribution is -2.39. The fourth-order valence-electron chi connectivity index (χ4n) is 3.66. The number of hydrogen-bond donors (Lipinski definition) is 2. The minimum atomic E-state index is 0.130. The second kappa shape index (κ2) is 8.15. The number of hydrogen-bond acceptors (Lipinski definition) is 3. The maximum absolute atomic E-state index is 13.2. The Bertz CT molecular complexity index is 795. The summed E-state index contributed by atoms with van der Waals surface area (Å²) >= 11 is 0. The molecule has 1 aromatic carbocycles. The molecular weight excluding hydrogens is 336 g/mol. The molecule has 2 N–H and O–H groups in total. The first-order valence-electron chi connectivity index (χ1n) is 10.0. The lowest BCUT2D eigenvalue weighted by Gasteiger charge is -2.32. The number of anilines is 1. The smallest absolute Gasteiger partial charge is 0.254 e. The van der Waals surface area contributed by atoms with Gasteiger partial charge in [-0.1, -0.05) is 19.9 Å². The van der Waals surface area contributed by atoms with E-state index in [-0.39, 0.29) is 5.91 Å². The Labute approximate surface area is 162 Å². The fraction of sp³-hybridized carbons (Fsp3) is 0.545. The van der Waals surface area contributed by atoms with Crippen molar-refractivity contribution in [2.75, 3.05) is 18.4 Å². The molecule has 0 aliphatic carbocycles. The number of H-pyrrole nitrogens is 1. The molecule has 1 amide bonds. The Morgan fingerprint density at radius 2 is 2.07 bits per heavy atom. The molecule has 27 heavy (non-hydrogen) atoms. The van der Waals surface area contributed by atoms with Crippen molar-refractivity contribution in [3.8, 4) is 0 Å². The third-order valence-corrected chi connectivity index (χ3v) is 5.80. The maximum atomic E-state index is 13.2. The summed E-state index contributed by atoms with van der Waals surface area (Å²) in [6, 6.07) is 8.45. The summed E-state index contributed by atoms with van der Waals surface area (Å²) in [4.78, 5) is 15.2. The molecule has 0 radical (unpaired) electrons. The van der Waals surface area contributed by atoms with Crippen LogP contribution in [0, 0.1) is 19.8 Å². The molecule has 2 heterocycles. The first kappa shape index (κ1) is 19.5. The van der Waals surface area contributed by atoms with E-state index < -0.39 is 0 Å². The summed E-state index contributed by atoms with van der Waals surface area (Å²) in [5, 5.41) is 11.0. The van der Waals surface area contributed by atoms with Crippen LogP contribution in [0.3, 0.4) is 0 Å². The zero-order valence-electron chi connectivity index (χ0n) is 17.2. The van der Waals surface area contributed by atoms with Gasteiger partial charge in [-0.3, -0.25) is 9.89 Å². The number of carbonyl (C=O) groups excluding carboxylic acids is 1. The molecule has 5 heteroatoms. The highest BCUT2D eigenvalue weighted by Gasteiger charge is 2.28. The van der Waals surface area contributed by atoms with Crippen LogP contribution in [0.2, 0.25) is 0 Å². The predicted molar refractivity (Wildman–Crippen MR) is 110 cm³/mol. The molecule has 5 nitrogen and oxygen atoms in total. The van der Waals surface area contributed by atoms with Crippen molar-refractivity contribution < 1.29 is 4.79 Å². The average Bonchev–Trinajstić information content (AvgIpc) is 3.09. The van der Waals surface area contributed by atoms with Gasteiger partial charge in [-0.15, -0.1) is 0 Å². The largest absolute Gasteiger partial charge is 0.382 e. The van der Waals surface area contributed by atoms with Crippen LogP contribution in [-0.2, 0) is 0 Å². The Hall–Kier alpha value is -2.30. The van der Waals surface area contributed by atoms with Gasteiger partial charge < -0.3 is 10.2 Å². The van der Waals surface area contributed by atoms with Crippen molar-refractivity contribution in [2.45, 2.75) is 59.4 Å². The summed E-state index contributed by atoms with van der Waals surface area (Å²) in [6.07, 6.45) is 2.10. The van der Waals surface area contributed by atoms with Gasteiger partial charge in [0.25, 0.3) is 5.91 Å². The maximum Gasteiger partial charge on any atom is 0.254 e. The summed E-state index contributed by atoms with van der Waals surface area (Å²) in [6.45, 7) is 12.2. The van der Waals surface area contributed by atoms with E-state index in [1.165, 1.54) is 0 Å². The summed E-state index contributed by atoms with van der Waals surface area (Å²) in [5.74, 6) is 0.976. The molecule has 1 aliphatic rings. The van der Waals surface area contributed by atoms with Crippen LogP contribution in [0.4, 0.5) is 5.69 Å². The molecular formula is C22H32N4O. The van der Waals surface area contributed by atoms with Crippen LogP contribution in [0.1, 0.15) is 66.8 Å². The number of aromatic amines is 1. The molecule has 0 unspecified atom stereocenters. The van der Waals surface area contributed by atoms with Crippen molar-refractivity contribution in [2.24, 2.45) is 5.92 Å². The third-order valence-electron chi connectivity index (χ3n) is 5.80. The molecule has 0 spiro atoms. The second-order valence-corrected chi connectivity index (χ2v) is 8.22. The minimum Gasteiger partial charge on any atom is -0.382 e. The first-order valence-corrected chi connectivity index (χ1v) is 10.0. The summed E-state index contributed by atoms with van der Waals surface area (Å²) < 4.78 is 0. The molecule has 1 aromatic heterocycles. The lowest BCUT2D eigenvalue weighted by atomic mass is 9.93. The van der Waals surface area contributed by atoms with E-state index in [0.717, 1.165) is 54.1 Å². The van der Waals surface area contributed by atoms with E-state index in [0.29, 0.717) is 17.9 Å². The van der Waals surface area contributed by atoms with Gasteiger partial charge in [0.15, 0.2) is 0 Å². The fourth-order valence-corrected chi connectivity index (χ4v) is 3.66. The normalized spacial score (nSPS) is 18.6. The van der Waals surface area contributed by atoms with Gasteiger partial charge in [0.2, 0.25) is 0 Å². The molecule has 1 saturated heterocycles. The monoisotopic (exact) mass is 368 g/mol. The van der Waals surface area contributed by atoms with Gasteiger partial charge in [-0.2, -0.15) is 5.10 Å². The number of piperidine rings is 1. The molecule has 2 aromatic rings. The molecule has 1 aliphatic heterocycles. The number of rotatable bonds is 5. The van der Waals surface area contributed by atoms with E-state index in [1.807, 2.05) is 30.9 Å². The van der Waals surface area contributed by atoms with Crippen LogP contribution in [0.15, 0.2) is 24.3 Å². The molecule has 3 rings (SSSR count). The number of carbonyl (C=O) groups is 1. The molecule has 146 valence electrons. The topological polar surface area (TPSA) is 61.0 Å². The number of aromatic nitrogens is 2. The van der Waals surface area contributed by atoms with Gasteiger partial charge in [0.1, 0.15) is 0 Å². The Kier molecular flexibility index (Phi) is 5.88. The van der Waals surface area contributed by atoms with E-state index in [1.54, 1.807) is 0 Å². The highest BCUT2D eigenvalue weighted by atomic mass is 16.2. The van der Waals surface area contributed by atoms with Gasteiger partial charge in [-0.25, -0.2) is 0 Å². The van der Waals surface area contributed by atoms with E-state index in [2.05, 4.69) is 48.4 Å². The quantitative estimate of drug-likeness (QED) is 0.817. The number of nitrogens with one attached hydrogen (secondary N) is 2. The molecule has 1 fully saturated rings. The third kappa shape index (κ3) is 4.34. The van der Waals surface area contributed by atoms with Crippen LogP contribution in [0.5, 0.6) is 0 Å². The van der Waals surface area contributed by atoms with Gasteiger partial charge in [0.05, 0.1) is 5.69 Å². The average molecular weight is 369 g/mol.